The van der Waals surface area contributed by atoms with Crippen molar-refractivity contribution in [3.63, 3.8) is 0 Å². The summed E-state index contributed by atoms with van der Waals surface area (Å²) in [6, 6.07) is 16.2. The van der Waals surface area contributed by atoms with E-state index in [0.717, 1.165) is 36.3 Å². The summed E-state index contributed by atoms with van der Waals surface area (Å²) in [5.74, 6) is 0.139. The Morgan fingerprint density at radius 1 is 0.968 bits per heavy atom. The fourth-order valence-electron chi connectivity index (χ4n) is 4.13. The van der Waals surface area contributed by atoms with Crippen molar-refractivity contribution in [3.05, 3.63) is 70.8 Å². The van der Waals surface area contributed by atoms with E-state index in [1.54, 1.807) is 0 Å². The SMILES string of the molecule is CCN(CC)Cc1ccc(CNC(=O)C2CCN(C(=O)c3ccccc3C)CC2)cc1. The van der Waals surface area contributed by atoms with Gasteiger partial charge < -0.3 is 10.2 Å². The average Bonchev–Trinajstić information content (AvgIpc) is 2.81. The zero-order valence-corrected chi connectivity index (χ0v) is 19.1. The summed E-state index contributed by atoms with van der Waals surface area (Å²) in [7, 11) is 0. The Morgan fingerprint density at radius 3 is 2.19 bits per heavy atom. The van der Waals surface area contributed by atoms with E-state index < -0.39 is 0 Å². The molecule has 1 heterocycles. The van der Waals surface area contributed by atoms with Crippen LogP contribution in [0.4, 0.5) is 0 Å². The number of nitrogens with one attached hydrogen (secondary N) is 1. The molecule has 166 valence electrons. The van der Waals surface area contributed by atoms with Crippen LogP contribution in [0.2, 0.25) is 0 Å². The van der Waals surface area contributed by atoms with Crippen LogP contribution in [0.1, 0.15) is 53.7 Å². The van der Waals surface area contributed by atoms with Crippen LogP contribution in [0, 0.1) is 12.8 Å². The van der Waals surface area contributed by atoms with Crippen LogP contribution in [0.15, 0.2) is 48.5 Å². The van der Waals surface area contributed by atoms with Crippen molar-refractivity contribution >= 4 is 11.8 Å². The lowest BCUT2D eigenvalue weighted by molar-refractivity contribution is -0.126. The second-order valence-corrected chi connectivity index (χ2v) is 8.38. The molecular weight excluding hydrogens is 386 g/mol. The highest BCUT2D eigenvalue weighted by molar-refractivity contribution is 5.95. The van der Waals surface area contributed by atoms with E-state index in [4.69, 9.17) is 0 Å². The van der Waals surface area contributed by atoms with Crippen LogP contribution in [0.3, 0.4) is 0 Å². The summed E-state index contributed by atoms with van der Waals surface area (Å²) in [5, 5.41) is 3.08. The fourth-order valence-corrected chi connectivity index (χ4v) is 4.13. The number of carbonyl (C=O) groups excluding carboxylic acids is 2. The Bertz CT molecular complexity index is 866. The maximum atomic E-state index is 12.8. The van der Waals surface area contributed by atoms with Crippen LogP contribution in [0.25, 0.3) is 0 Å². The third-order valence-electron chi connectivity index (χ3n) is 6.32. The van der Waals surface area contributed by atoms with Gasteiger partial charge in [0.05, 0.1) is 0 Å². The van der Waals surface area contributed by atoms with Crippen molar-refractivity contribution < 1.29 is 9.59 Å². The number of nitrogens with zero attached hydrogens (tertiary/aromatic N) is 2. The van der Waals surface area contributed by atoms with Gasteiger partial charge in [0, 0.05) is 37.7 Å². The van der Waals surface area contributed by atoms with Gasteiger partial charge in [-0.2, -0.15) is 0 Å². The van der Waals surface area contributed by atoms with E-state index in [-0.39, 0.29) is 17.7 Å². The van der Waals surface area contributed by atoms with Crippen molar-refractivity contribution in [2.45, 2.75) is 46.7 Å². The minimum absolute atomic E-state index is 0.0251. The van der Waals surface area contributed by atoms with Gasteiger partial charge in [0.1, 0.15) is 0 Å². The molecule has 5 nitrogen and oxygen atoms in total. The highest BCUT2D eigenvalue weighted by Crippen LogP contribution is 2.20. The molecule has 0 aliphatic carbocycles. The lowest BCUT2D eigenvalue weighted by atomic mass is 9.95. The van der Waals surface area contributed by atoms with E-state index >= 15 is 0 Å². The topological polar surface area (TPSA) is 52.7 Å². The molecule has 2 aromatic rings. The van der Waals surface area contributed by atoms with Crippen molar-refractivity contribution in [2.24, 2.45) is 5.92 Å². The standard InChI is InChI=1S/C26H35N3O2/c1-4-28(5-2)19-22-12-10-21(11-13-22)18-27-25(30)23-14-16-29(17-15-23)26(31)24-9-7-6-8-20(24)3/h6-13,23H,4-5,14-19H2,1-3H3,(H,27,30). The molecule has 0 atom stereocenters. The maximum absolute atomic E-state index is 12.8. The third kappa shape index (κ3) is 6.17. The number of hydrogen-bond donors (Lipinski definition) is 1. The number of piperidine rings is 1. The van der Waals surface area contributed by atoms with Gasteiger partial charge in [-0.05, 0) is 55.6 Å². The van der Waals surface area contributed by atoms with Crippen molar-refractivity contribution in [3.8, 4) is 0 Å². The van der Waals surface area contributed by atoms with E-state index in [1.165, 1.54) is 5.56 Å². The van der Waals surface area contributed by atoms with E-state index in [1.807, 2.05) is 36.1 Å². The summed E-state index contributed by atoms with van der Waals surface area (Å²) in [6.45, 7) is 11.2. The Morgan fingerprint density at radius 2 is 1.58 bits per heavy atom. The largest absolute Gasteiger partial charge is 0.352 e. The molecule has 1 N–H and O–H groups in total. The summed E-state index contributed by atoms with van der Waals surface area (Å²) in [6.07, 6.45) is 1.43. The normalized spacial score (nSPS) is 14.6. The molecule has 3 rings (SSSR count). The molecule has 1 aliphatic rings. The van der Waals surface area contributed by atoms with E-state index in [9.17, 15) is 9.59 Å². The van der Waals surface area contributed by atoms with Crippen LogP contribution in [-0.4, -0.2) is 47.8 Å². The first-order valence-corrected chi connectivity index (χ1v) is 11.4. The van der Waals surface area contributed by atoms with Gasteiger partial charge in [0.2, 0.25) is 5.91 Å². The van der Waals surface area contributed by atoms with Gasteiger partial charge in [-0.3, -0.25) is 14.5 Å². The fraction of sp³-hybridized carbons (Fsp3) is 0.462. The number of hydrogen-bond acceptors (Lipinski definition) is 3. The molecule has 0 aromatic heterocycles. The molecule has 1 saturated heterocycles. The number of rotatable bonds is 8. The molecular formula is C26H35N3O2. The Balaban J connectivity index is 1.45. The summed E-state index contributed by atoms with van der Waals surface area (Å²) < 4.78 is 0. The van der Waals surface area contributed by atoms with E-state index in [2.05, 4.69) is 48.3 Å². The number of likely N-dealkylation sites (tertiary alicyclic amines) is 1. The monoisotopic (exact) mass is 421 g/mol. The quantitative estimate of drug-likeness (QED) is 0.701. The second-order valence-electron chi connectivity index (χ2n) is 8.38. The van der Waals surface area contributed by atoms with Gasteiger partial charge in [-0.15, -0.1) is 0 Å². The van der Waals surface area contributed by atoms with Crippen LogP contribution in [0.5, 0.6) is 0 Å². The minimum atomic E-state index is -0.0251. The first kappa shape index (κ1) is 23.0. The van der Waals surface area contributed by atoms with Gasteiger partial charge >= 0.3 is 0 Å². The van der Waals surface area contributed by atoms with Crippen molar-refractivity contribution in [2.75, 3.05) is 26.2 Å². The predicted octanol–water partition coefficient (Wildman–Crippen LogP) is 4.01. The first-order chi connectivity index (χ1) is 15.0. The molecule has 5 heteroatoms. The molecule has 1 aliphatic heterocycles. The van der Waals surface area contributed by atoms with Crippen molar-refractivity contribution in [1.29, 1.82) is 0 Å². The van der Waals surface area contributed by atoms with Crippen LogP contribution < -0.4 is 5.32 Å². The summed E-state index contributed by atoms with van der Waals surface area (Å²) in [5.41, 5.74) is 4.17. The van der Waals surface area contributed by atoms with Gasteiger partial charge in [-0.1, -0.05) is 56.3 Å². The molecule has 2 amide bonds. The number of benzene rings is 2. The third-order valence-corrected chi connectivity index (χ3v) is 6.32. The zero-order chi connectivity index (χ0) is 22.2. The lowest BCUT2D eigenvalue weighted by Crippen LogP contribution is -2.43. The van der Waals surface area contributed by atoms with Crippen molar-refractivity contribution in [1.82, 2.24) is 15.1 Å². The molecule has 0 bridgehead atoms. The Kier molecular flexibility index (Phi) is 8.24. The maximum Gasteiger partial charge on any atom is 0.254 e. The molecule has 2 aromatic carbocycles. The Hall–Kier alpha value is -2.66. The number of amides is 2. The predicted molar refractivity (Wildman–Crippen MR) is 125 cm³/mol. The average molecular weight is 422 g/mol. The summed E-state index contributed by atoms with van der Waals surface area (Å²) in [4.78, 5) is 29.7. The number of carbonyl (C=O) groups is 2. The highest BCUT2D eigenvalue weighted by Gasteiger charge is 2.28. The summed E-state index contributed by atoms with van der Waals surface area (Å²) >= 11 is 0. The lowest BCUT2D eigenvalue weighted by Gasteiger charge is -2.31. The molecule has 0 unspecified atom stereocenters. The van der Waals surface area contributed by atoms with Gasteiger partial charge in [0.25, 0.3) is 5.91 Å². The second kappa shape index (κ2) is 11.1. The van der Waals surface area contributed by atoms with Crippen LogP contribution in [-0.2, 0) is 17.9 Å². The minimum Gasteiger partial charge on any atom is -0.352 e. The molecule has 0 spiro atoms. The Labute approximate surface area is 186 Å². The van der Waals surface area contributed by atoms with Crippen LogP contribution >= 0.6 is 0 Å². The molecule has 31 heavy (non-hydrogen) atoms. The molecule has 0 saturated carbocycles. The van der Waals surface area contributed by atoms with E-state index in [0.29, 0.717) is 32.5 Å². The molecule has 0 radical (unpaired) electrons. The highest BCUT2D eigenvalue weighted by atomic mass is 16.2. The smallest absolute Gasteiger partial charge is 0.254 e. The van der Waals surface area contributed by atoms with Gasteiger partial charge in [0.15, 0.2) is 0 Å². The first-order valence-electron chi connectivity index (χ1n) is 11.4. The number of aryl methyl sites for hydroxylation is 1. The zero-order valence-electron chi connectivity index (χ0n) is 19.1. The molecule has 1 fully saturated rings. The van der Waals surface area contributed by atoms with Gasteiger partial charge in [-0.25, -0.2) is 0 Å².